The van der Waals surface area contributed by atoms with Crippen LogP contribution in [0.2, 0.25) is 0 Å². The molecule has 0 radical (unpaired) electrons. The van der Waals surface area contributed by atoms with Gasteiger partial charge in [0.15, 0.2) is 0 Å². The number of carbonyl (C=O) groups is 1. The van der Waals surface area contributed by atoms with Gasteiger partial charge in [-0.1, -0.05) is 30.3 Å². The van der Waals surface area contributed by atoms with Crippen LogP contribution in [0, 0.1) is 11.3 Å². The molecule has 0 saturated heterocycles. The van der Waals surface area contributed by atoms with E-state index in [0.717, 1.165) is 5.56 Å². The maximum absolute atomic E-state index is 11.5. The predicted octanol–water partition coefficient (Wildman–Crippen LogP) is 1.78. The zero-order valence-corrected chi connectivity index (χ0v) is 9.55. The second kappa shape index (κ2) is 7.20. The smallest absolute Gasteiger partial charge is 0.348 e. The van der Waals surface area contributed by atoms with Crippen molar-refractivity contribution in [2.45, 2.75) is 0 Å². The molecule has 1 aromatic rings. The van der Waals surface area contributed by atoms with Crippen LogP contribution in [0.1, 0.15) is 5.56 Å². The summed E-state index contributed by atoms with van der Waals surface area (Å²) in [5.74, 6) is -0.631. The number of nitrogens with zero attached hydrogens (tertiary/aromatic N) is 1. The monoisotopic (exact) mass is 231 g/mol. The molecule has 0 spiro atoms. The Morgan fingerprint density at radius 1 is 1.35 bits per heavy atom. The molecule has 0 aromatic heterocycles. The SMILES string of the molecule is COCCOC(=O)/C(C#N)=C/c1ccccc1. The summed E-state index contributed by atoms with van der Waals surface area (Å²) in [6.45, 7) is 0.457. The summed E-state index contributed by atoms with van der Waals surface area (Å²) in [6, 6.07) is 11.0. The quantitative estimate of drug-likeness (QED) is 0.335. The summed E-state index contributed by atoms with van der Waals surface area (Å²) >= 11 is 0. The molecule has 0 unspecified atom stereocenters. The summed E-state index contributed by atoms with van der Waals surface area (Å²) in [7, 11) is 1.51. The highest BCUT2D eigenvalue weighted by Crippen LogP contribution is 2.07. The Morgan fingerprint density at radius 2 is 2.06 bits per heavy atom. The molecule has 0 aliphatic carbocycles. The summed E-state index contributed by atoms with van der Waals surface area (Å²) in [5, 5.41) is 8.86. The normalized spacial score (nSPS) is 10.7. The summed E-state index contributed by atoms with van der Waals surface area (Å²) in [4.78, 5) is 11.5. The average molecular weight is 231 g/mol. The van der Waals surface area contributed by atoms with Crippen LogP contribution in [0.25, 0.3) is 6.08 Å². The molecule has 0 N–H and O–H groups in total. The van der Waals surface area contributed by atoms with Gasteiger partial charge in [-0.3, -0.25) is 0 Å². The molecular formula is C13H13NO3. The lowest BCUT2D eigenvalue weighted by atomic mass is 10.1. The van der Waals surface area contributed by atoms with Crippen LogP contribution in [0.3, 0.4) is 0 Å². The lowest BCUT2D eigenvalue weighted by molar-refractivity contribution is -0.139. The molecule has 88 valence electrons. The van der Waals surface area contributed by atoms with Crippen LogP contribution in [-0.2, 0) is 14.3 Å². The first kappa shape index (κ1) is 12.9. The summed E-state index contributed by atoms with van der Waals surface area (Å²) in [6.07, 6.45) is 1.50. The average Bonchev–Trinajstić information content (AvgIpc) is 2.37. The highest BCUT2D eigenvalue weighted by Gasteiger charge is 2.09. The Labute approximate surface area is 100 Å². The van der Waals surface area contributed by atoms with E-state index in [-0.39, 0.29) is 12.2 Å². The fraction of sp³-hybridized carbons (Fsp3) is 0.231. The Bertz CT molecular complexity index is 432. The van der Waals surface area contributed by atoms with Crippen molar-refractivity contribution in [1.82, 2.24) is 0 Å². The number of ether oxygens (including phenoxy) is 2. The van der Waals surface area contributed by atoms with Gasteiger partial charge in [0, 0.05) is 7.11 Å². The molecule has 4 nitrogen and oxygen atoms in total. The number of methoxy groups -OCH3 is 1. The minimum Gasteiger partial charge on any atom is -0.459 e. The Balaban J connectivity index is 2.69. The lowest BCUT2D eigenvalue weighted by Crippen LogP contribution is -2.11. The molecule has 0 amide bonds. The number of benzene rings is 1. The van der Waals surface area contributed by atoms with Crippen molar-refractivity contribution < 1.29 is 14.3 Å². The first-order valence-corrected chi connectivity index (χ1v) is 5.11. The van der Waals surface area contributed by atoms with Crippen molar-refractivity contribution in [2.75, 3.05) is 20.3 Å². The number of esters is 1. The van der Waals surface area contributed by atoms with E-state index >= 15 is 0 Å². The van der Waals surface area contributed by atoms with Crippen LogP contribution in [0.15, 0.2) is 35.9 Å². The second-order valence-corrected chi connectivity index (χ2v) is 3.21. The van der Waals surface area contributed by atoms with Crippen molar-refractivity contribution >= 4 is 12.0 Å². The van der Waals surface area contributed by atoms with Crippen molar-refractivity contribution in [3.05, 3.63) is 41.5 Å². The zero-order valence-electron chi connectivity index (χ0n) is 9.55. The second-order valence-electron chi connectivity index (χ2n) is 3.21. The molecule has 1 rings (SSSR count). The highest BCUT2D eigenvalue weighted by molar-refractivity contribution is 5.97. The van der Waals surface area contributed by atoms with Gasteiger partial charge in [0.1, 0.15) is 18.2 Å². The summed E-state index contributed by atoms with van der Waals surface area (Å²) in [5.41, 5.74) is 0.764. The predicted molar refractivity (Wildman–Crippen MR) is 62.9 cm³/mol. The third-order valence-corrected chi connectivity index (χ3v) is 1.97. The number of hydrogen-bond acceptors (Lipinski definition) is 4. The van der Waals surface area contributed by atoms with Gasteiger partial charge in [0.25, 0.3) is 0 Å². The van der Waals surface area contributed by atoms with E-state index in [0.29, 0.717) is 6.61 Å². The Hall–Kier alpha value is -2.12. The van der Waals surface area contributed by atoms with Gasteiger partial charge in [-0.15, -0.1) is 0 Å². The highest BCUT2D eigenvalue weighted by atomic mass is 16.6. The fourth-order valence-electron chi connectivity index (χ4n) is 1.15. The molecular weight excluding hydrogens is 218 g/mol. The zero-order chi connectivity index (χ0) is 12.5. The van der Waals surface area contributed by atoms with E-state index in [4.69, 9.17) is 14.7 Å². The molecule has 1 aromatic carbocycles. The van der Waals surface area contributed by atoms with Gasteiger partial charge < -0.3 is 9.47 Å². The minimum atomic E-state index is -0.631. The maximum atomic E-state index is 11.5. The van der Waals surface area contributed by atoms with Crippen molar-refractivity contribution in [2.24, 2.45) is 0 Å². The molecule has 17 heavy (non-hydrogen) atoms. The van der Waals surface area contributed by atoms with Crippen molar-refractivity contribution in [3.8, 4) is 6.07 Å². The standard InChI is InChI=1S/C13H13NO3/c1-16-7-8-17-13(15)12(10-14)9-11-5-3-2-4-6-11/h2-6,9H,7-8H2,1H3/b12-9+. The van der Waals surface area contributed by atoms with E-state index in [1.807, 2.05) is 24.3 Å². The van der Waals surface area contributed by atoms with E-state index in [1.165, 1.54) is 13.2 Å². The molecule has 0 heterocycles. The molecule has 4 heteroatoms. The maximum Gasteiger partial charge on any atom is 0.348 e. The Morgan fingerprint density at radius 3 is 2.65 bits per heavy atom. The first-order valence-electron chi connectivity index (χ1n) is 5.11. The third-order valence-electron chi connectivity index (χ3n) is 1.97. The van der Waals surface area contributed by atoms with Gasteiger partial charge in [0.05, 0.1) is 6.61 Å². The van der Waals surface area contributed by atoms with Gasteiger partial charge in [0.2, 0.25) is 0 Å². The van der Waals surface area contributed by atoms with E-state index in [9.17, 15) is 4.79 Å². The van der Waals surface area contributed by atoms with Gasteiger partial charge in [-0.25, -0.2) is 4.79 Å². The Kier molecular flexibility index (Phi) is 5.49. The topological polar surface area (TPSA) is 59.3 Å². The van der Waals surface area contributed by atoms with Crippen LogP contribution in [0.5, 0.6) is 0 Å². The molecule has 0 saturated carbocycles. The number of nitriles is 1. The molecule has 0 aliphatic heterocycles. The number of hydrogen-bond donors (Lipinski definition) is 0. The molecule has 0 atom stereocenters. The van der Waals surface area contributed by atoms with Gasteiger partial charge in [-0.2, -0.15) is 5.26 Å². The molecule has 0 bridgehead atoms. The summed E-state index contributed by atoms with van der Waals surface area (Å²) < 4.78 is 9.60. The van der Waals surface area contributed by atoms with Crippen LogP contribution >= 0.6 is 0 Å². The minimum absolute atomic E-state index is 0.0210. The third kappa shape index (κ3) is 4.49. The van der Waals surface area contributed by atoms with Crippen LogP contribution < -0.4 is 0 Å². The van der Waals surface area contributed by atoms with E-state index in [1.54, 1.807) is 12.1 Å². The first-order chi connectivity index (χ1) is 8.27. The van der Waals surface area contributed by atoms with Crippen molar-refractivity contribution in [1.29, 1.82) is 5.26 Å². The fourth-order valence-corrected chi connectivity index (χ4v) is 1.15. The molecule has 0 fully saturated rings. The van der Waals surface area contributed by atoms with E-state index in [2.05, 4.69) is 0 Å². The van der Waals surface area contributed by atoms with Gasteiger partial charge >= 0.3 is 5.97 Å². The number of carbonyl (C=O) groups excluding carboxylic acids is 1. The molecule has 0 aliphatic rings. The van der Waals surface area contributed by atoms with Gasteiger partial charge in [-0.05, 0) is 11.6 Å². The van der Waals surface area contributed by atoms with E-state index < -0.39 is 5.97 Å². The largest absolute Gasteiger partial charge is 0.459 e. The van der Waals surface area contributed by atoms with Crippen LogP contribution in [0.4, 0.5) is 0 Å². The lowest BCUT2D eigenvalue weighted by Gasteiger charge is -2.02. The van der Waals surface area contributed by atoms with Crippen LogP contribution in [-0.4, -0.2) is 26.3 Å². The van der Waals surface area contributed by atoms with Crippen molar-refractivity contribution in [3.63, 3.8) is 0 Å². The number of rotatable bonds is 5.